The van der Waals surface area contributed by atoms with Gasteiger partial charge < -0.3 is 5.32 Å². The Morgan fingerprint density at radius 1 is 0.931 bits per heavy atom. The molecule has 1 aromatic heterocycles. The number of benzene rings is 2. The highest BCUT2D eigenvalue weighted by atomic mass is 35.5. The van der Waals surface area contributed by atoms with Crippen LogP contribution in [0, 0.1) is 23.5 Å². The number of likely N-dealkylation sites (tertiary alicyclic amines) is 1. The van der Waals surface area contributed by atoms with Crippen LogP contribution < -0.4 is 5.32 Å². The highest BCUT2D eigenvalue weighted by molar-refractivity contribution is 6.33. The van der Waals surface area contributed by atoms with Crippen molar-refractivity contribution in [1.29, 1.82) is 0 Å². The van der Waals surface area contributed by atoms with Crippen LogP contribution in [0.5, 0.6) is 0 Å². The average molecular weight is 413 g/mol. The predicted molar refractivity (Wildman–Crippen MR) is 109 cm³/mol. The smallest absolute Gasteiger partial charge is 0.148 e. The summed E-state index contributed by atoms with van der Waals surface area (Å²) in [5.74, 6) is 1.34. The van der Waals surface area contributed by atoms with Crippen molar-refractivity contribution in [3.8, 4) is 11.3 Å². The lowest BCUT2D eigenvalue weighted by Gasteiger charge is -2.20. The first-order chi connectivity index (χ1) is 14.1. The van der Waals surface area contributed by atoms with Gasteiger partial charge in [-0.1, -0.05) is 23.7 Å². The highest BCUT2D eigenvalue weighted by Gasteiger charge is 2.55. The number of anilines is 1. The van der Waals surface area contributed by atoms with Crippen LogP contribution in [0.4, 0.5) is 14.6 Å². The van der Waals surface area contributed by atoms with Gasteiger partial charge in [-0.2, -0.15) is 0 Å². The average Bonchev–Trinajstić information content (AvgIpc) is 3.16. The van der Waals surface area contributed by atoms with Gasteiger partial charge in [0.05, 0.1) is 10.7 Å². The van der Waals surface area contributed by atoms with Crippen LogP contribution in [0.15, 0.2) is 54.6 Å². The third kappa shape index (κ3) is 3.82. The Kier molecular flexibility index (Phi) is 4.68. The zero-order valence-electron chi connectivity index (χ0n) is 15.5. The zero-order valence-corrected chi connectivity index (χ0v) is 16.3. The summed E-state index contributed by atoms with van der Waals surface area (Å²) < 4.78 is 26.5. The molecule has 2 heterocycles. The third-order valence-corrected chi connectivity index (χ3v) is 6.10. The molecule has 5 rings (SSSR count). The van der Waals surface area contributed by atoms with Crippen molar-refractivity contribution in [2.24, 2.45) is 11.8 Å². The molecular weight excluding hydrogens is 394 g/mol. The van der Waals surface area contributed by atoms with E-state index in [1.54, 1.807) is 6.07 Å². The van der Waals surface area contributed by atoms with Crippen LogP contribution in [0.25, 0.3) is 11.3 Å². The molecule has 3 aromatic rings. The molecule has 0 bridgehead atoms. The molecule has 1 saturated heterocycles. The normalized spacial score (nSPS) is 23.1. The van der Waals surface area contributed by atoms with Crippen molar-refractivity contribution in [3.63, 3.8) is 0 Å². The Hall–Kier alpha value is -2.57. The predicted octanol–water partition coefficient (Wildman–Crippen LogP) is 4.62. The second-order valence-electron chi connectivity index (χ2n) is 7.75. The van der Waals surface area contributed by atoms with Crippen molar-refractivity contribution in [2.75, 3.05) is 18.4 Å². The van der Waals surface area contributed by atoms with E-state index in [1.165, 1.54) is 30.3 Å². The van der Waals surface area contributed by atoms with Crippen molar-refractivity contribution >= 4 is 17.4 Å². The minimum atomic E-state index is -0.357. The Morgan fingerprint density at radius 3 is 2.34 bits per heavy atom. The Balaban J connectivity index is 1.17. The lowest BCUT2D eigenvalue weighted by Crippen LogP contribution is -2.27. The first-order valence-corrected chi connectivity index (χ1v) is 9.97. The molecule has 2 aliphatic rings. The summed E-state index contributed by atoms with van der Waals surface area (Å²) in [6.45, 7) is 2.89. The van der Waals surface area contributed by atoms with Gasteiger partial charge in [-0.05, 0) is 59.9 Å². The standard InChI is InChI=1S/C22H19ClF2N4/c23-19-6-5-15(25)9-16(19)20-7-8-21(28-27-20)26-22-17-11-29(12-18(17)22)10-13-1-3-14(24)4-2-13/h1-9,17-18,22H,10-12H2,(H,26,28)/t17-,18+,22-. The number of hydrogen-bond donors (Lipinski definition) is 1. The number of piperidine rings is 1. The van der Waals surface area contributed by atoms with Gasteiger partial charge in [0.2, 0.25) is 0 Å². The minimum Gasteiger partial charge on any atom is -0.365 e. The van der Waals surface area contributed by atoms with Crippen LogP contribution >= 0.6 is 11.6 Å². The molecule has 2 aromatic carbocycles. The number of nitrogens with zero attached hydrogens (tertiary/aromatic N) is 3. The minimum absolute atomic E-state index is 0.200. The topological polar surface area (TPSA) is 41.0 Å². The van der Waals surface area contributed by atoms with Crippen LogP contribution in [-0.4, -0.2) is 34.2 Å². The van der Waals surface area contributed by atoms with Crippen molar-refractivity contribution in [1.82, 2.24) is 15.1 Å². The molecular formula is C22H19ClF2N4. The maximum Gasteiger partial charge on any atom is 0.148 e. The van der Waals surface area contributed by atoms with Gasteiger partial charge in [-0.25, -0.2) is 8.78 Å². The maximum absolute atomic E-state index is 13.5. The lowest BCUT2D eigenvalue weighted by molar-refractivity contribution is 0.292. The SMILES string of the molecule is Fc1ccc(CN2C[C@@H]3[C@H](C2)[C@@H]3Nc2ccc(-c3cc(F)ccc3Cl)nn2)cc1. The fourth-order valence-corrected chi connectivity index (χ4v) is 4.44. The van der Waals surface area contributed by atoms with Gasteiger partial charge in [0.25, 0.3) is 0 Å². The molecule has 1 N–H and O–H groups in total. The summed E-state index contributed by atoms with van der Waals surface area (Å²) >= 11 is 6.14. The molecule has 29 heavy (non-hydrogen) atoms. The Morgan fingerprint density at radius 2 is 1.66 bits per heavy atom. The zero-order chi connectivity index (χ0) is 20.0. The Bertz CT molecular complexity index is 1010. The number of fused-ring (bicyclic) bond motifs is 1. The fraction of sp³-hybridized carbons (Fsp3) is 0.273. The number of nitrogens with one attached hydrogen (secondary N) is 1. The summed E-state index contributed by atoms with van der Waals surface area (Å²) in [6.07, 6.45) is 0. The number of rotatable bonds is 5. The van der Waals surface area contributed by atoms with E-state index in [1.807, 2.05) is 18.2 Å². The molecule has 0 amide bonds. The van der Waals surface area contributed by atoms with Gasteiger partial charge in [0, 0.05) is 31.2 Å². The van der Waals surface area contributed by atoms with E-state index in [9.17, 15) is 8.78 Å². The molecule has 148 valence electrons. The number of aromatic nitrogens is 2. The highest BCUT2D eigenvalue weighted by Crippen LogP contribution is 2.47. The van der Waals surface area contributed by atoms with Crippen LogP contribution in [0.1, 0.15) is 5.56 Å². The van der Waals surface area contributed by atoms with Crippen molar-refractivity contribution in [3.05, 3.63) is 76.8 Å². The summed E-state index contributed by atoms with van der Waals surface area (Å²) in [7, 11) is 0. The second kappa shape index (κ2) is 7.35. The number of hydrogen-bond acceptors (Lipinski definition) is 4. The molecule has 0 spiro atoms. The molecule has 1 aliphatic carbocycles. The van der Waals surface area contributed by atoms with E-state index >= 15 is 0 Å². The van der Waals surface area contributed by atoms with Crippen LogP contribution in [0.2, 0.25) is 5.02 Å². The van der Waals surface area contributed by atoms with Crippen molar-refractivity contribution in [2.45, 2.75) is 12.6 Å². The molecule has 2 fully saturated rings. The van der Waals surface area contributed by atoms with E-state index in [2.05, 4.69) is 20.4 Å². The summed E-state index contributed by atoms with van der Waals surface area (Å²) in [5, 5.41) is 12.3. The van der Waals surface area contributed by atoms with E-state index in [-0.39, 0.29) is 11.6 Å². The van der Waals surface area contributed by atoms with Gasteiger partial charge in [0.15, 0.2) is 0 Å². The van der Waals surface area contributed by atoms with Crippen molar-refractivity contribution < 1.29 is 8.78 Å². The molecule has 1 saturated carbocycles. The molecule has 3 atom stereocenters. The molecule has 0 unspecified atom stereocenters. The van der Waals surface area contributed by atoms with E-state index in [0.717, 1.165) is 25.2 Å². The molecule has 4 nitrogen and oxygen atoms in total. The third-order valence-electron chi connectivity index (χ3n) is 5.77. The molecule has 7 heteroatoms. The van der Waals surface area contributed by atoms with E-state index in [0.29, 0.717) is 40.0 Å². The first-order valence-electron chi connectivity index (χ1n) is 9.59. The van der Waals surface area contributed by atoms with Gasteiger partial charge in [0.1, 0.15) is 17.5 Å². The van der Waals surface area contributed by atoms with Crippen LogP contribution in [-0.2, 0) is 6.54 Å². The summed E-state index contributed by atoms with van der Waals surface area (Å²) in [5.41, 5.74) is 2.21. The van der Waals surface area contributed by atoms with Gasteiger partial charge in [-0.15, -0.1) is 10.2 Å². The van der Waals surface area contributed by atoms with Crippen LogP contribution in [0.3, 0.4) is 0 Å². The molecule has 1 aliphatic heterocycles. The van der Waals surface area contributed by atoms with E-state index < -0.39 is 0 Å². The Labute approximate surface area is 172 Å². The quantitative estimate of drug-likeness (QED) is 0.664. The second-order valence-corrected chi connectivity index (χ2v) is 8.15. The van der Waals surface area contributed by atoms with Gasteiger partial charge in [-0.3, -0.25) is 4.90 Å². The maximum atomic E-state index is 13.5. The molecule has 0 radical (unpaired) electrons. The lowest BCUT2D eigenvalue weighted by atomic mass is 10.1. The van der Waals surface area contributed by atoms with E-state index in [4.69, 9.17) is 11.6 Å². The summed E-state index contributed by atoms with van der Waals surface area (Å²) in [6, 6.07) is 15.0. The fourth-order valence-electron chi connectivity index (χ4n) is 4.22. The number of halogens is 3. The van der Waals surface area contributed by atoms with Gasteiger partial charge >= 0.3 is 0 Å². The monoisotopic (exact) mass is 412 g/mol. The first kappa shape index (κ1) is 18.5. The largest absolute Gasteiger partial charge is 0.365 e. The summed E-state index contributed by atoms with van der Waals surface area (Å²) in [4.78, 5) is 2.40.